The van der Waals surface area contributed by atoms with Gasteiger partial charge in [-0.2, -0.15) is 15.2 Å². The van der Waals surface area contributed by atoms with E-state index in [-0.39, 0.29) is 73.7 Å². The summed E-state index contributed by atoms with van der Waals surface area (Å²) in [6, 6.07) is 17.2. The summed E-state index contributed by atoms with van der Waals surface area (Å²) in [5, 5.41) is 13.4. The summed E-state index contributed by atoms with van der Waals surface area (Å²) in [7, 11) is 3.60. The van der Waals surface area contributed by atoms with Crippen molar-refractivity contribution < 1.29 is 42.5 Å². The SMILES string of the molecule is C=C(COC(=O)N1CCC[C@H]1CN(C)C(=O)O[C@]1(CC)C(=O)OCc2c1cc1n(c2=O)Cc2c-1nc1cc(F)c(C)c3c1c2[C@@H](N)CC3)C(=O)N1CCN(c2nc(OC[C@@H]3CCCN3C)nc3c2CCN(c2cccc4cccc(C)c24)C3)C[C@@H]1CC#N. The van der Waals surface area contributed by atoms with E-state index in [2.05, 4.69) is 77.7 Å². The molecule has 3 aromatic carbocycles. The number of fused-ring (bicyclic) bond motifs is 7. The highest BCUT2D eigenvalue weighted by molar-refractivity contribution is 5.98. The summed E-state index contributed by atoms with van der Waals surface area (Å²) in [6.07, 6.45) is 3.48. The quantitative estimate of drug-likeness (QED) is 0.0664. The fourth-order valence-corrected chi connectivity index (χ4v) is 14.8. The molecule has 2 N–H and O–H groups in total. The molecule has 7 aliphatic rings. The van der Waals surface area contributed by atoms with Crippen molar-refractivity contribution in [3.05, 3.63) is 127 Å². The number of ether oxygens (including phenoxy) is 4. The lowest BCUT2D eigenvalue weighted by atomic mass is 9.82. The zero-order valence-corrected chi connectivity index (χ0v) is 50.5. The van der Waals surface area contributed by atoms with Crippen LogP contribution in [0.5, 0.6) is 6.01 Å². The predicted octanol–water partition coefficient (Wildman–Crippen LogP) is 7.62. The minimum Gasteiger partial charge on any atom is -0.462 e. The number of carbonyl (C=O) groups excluding carboxylic acids is 4. The van der Waals surface area contributed by atoms with Crippen molar-refractivity contribution in [1.29, 1.82) is 5.26 Å². The molecule has 13 rings (SSSR count). The Morgan fingerprint density at radius 2 is 1.69 bits per heavy atom. The average molecular weight is 1200 g/mol. The number of rotatable bonds is 13. The van der Waals surface area contributed by atoms with Crippen LogP contribution in [-0.2, 0) is 61.9 Å². The van der Waals surface area contributed by atoms with Gasteiger partial charge in [0.2, 0.25) is 5.60 Å². The van der Waals surface area contributed by atoms with Gasteiger partial charge in [-0.1, -0.05) is 43.8 Å². The zero-order chi connectivity index (χ0) is 61.4. The van der Waals surface area contributed by atoms with E-state index in [1.165, 1.54) is 39.2 Å². The van der Waals surface area contributed by atoms with Crippen molar-refractivity contribution in [2.45, 2.75) is 128 Å². The molecule has 3 fully saturated rings. The molecule has 0 spiro atoms. The van der Waals surface area contributed by atoms with Crippen LogP contribution in [0, 0.1) is 31.0 Å². The molecular formula is C66H73FN12O9. The maximum atomic E-state index is 15.3. The van der Waals surface area contributed by atoms with Crippen molar-refractivity contribution in [3.63, 3.8) is 0 Å². The smallest absolute Gasteiger partial charge is 0.411 e. The van der Waals surface area contributed by atoms with Crippen molar-refractivity contribution in [2.24, 2.45) is 5.73 Å². The number of nitrogens with two attached hydrogens (primary N) is 1. The maximum absolute atomic E-state index is 15.3. The van der Waals surface area contributed by atoms with Gasteiger partial charge in [0.15, 0.2) is 0 Å². The molecule has 6 aromatic rings. The molecule has 9 heterocycles. The number of hydrogen-bond donors (Lipinski definition) is 1. The van der Waals surface area contributed by atoms with Crippen molar-refractivity contribution in [3.8, 4) is 23.5 Å². The number of likely N-dealkylation sites (tertiary alicyclic amines) is 2. The lowest BCUT2D eigenvalue weighted by Gasteiger charge is -2.42. The van der Waals surface area contributed by atoms with E-state index in [1.807, 2.05) is 0 Å². The Kier molecular flexibility index (Phi) is 15.3. The molecule has 21 nitrogen and oxygen atoms in total. The number of nitriles is 1. The van der Waals surface area contributed by atoms with E-state index in [4.69, 9.17) is 39.6 Å². The van der Waals surface area contributed by atoms with Crippen molar-refractivity contribution in [2.75, 3.05) is 82.9 Å². The van der Waals surface area contributed by atoms with E-state index in [0.29, 0.717) is 93.4 Å². The number of pyridine rings is 2. The molecule has 22 heteroatoms. The molecule has 3 saturated heterocycles. The monoisotopic (exact) mass is 1200 g/mol. The summed E-state index contributed by atoms with van der Waals surface area (Å²) in [5.41, 5.74) is 13.2. The first-order valence-electron chi connectivity index (χ1n) is 30.8. The summed E-state index contributed by atoms with van der Waals surface area (Å²) in [5.74, 6) is -0.919. The van der Waals surface area contributed by atoms with Crippen LogP contribution in [0.2, 0.25) is 0 Å². The standard InChI is InChI=1S/C66H73FN12O9/c1-7-66(48-28-54-58-46(32-79(54)61(81)47(48)36-85-62(66)82)56-50(69)19-18-44-39(4)49(67)29-51(70-58)57(44)56)88-64(83)74(6)30-41-15-11-24-78(41)65(84)87-34-38(3)60(80)77-27-26-76(31-42(77)20-22-68)59-45-21-25-75(53-17-9-14-40-13-8-12-37(2)55(40)53)33-52(45)71-63(72-59)86-35-43-16-10-23-73(43)5/h8-9,12-14,17,28-29,41-43,50H,3,7,10-11,15-16,18-21,23-27,30-36,69H2,1-2,4-6H3/t41-,42-,43-,50-,66-/m0/s1. The number of aromatic nitrogens is 4. The molecule has 5 atom stereocenters. The molecule has 3 amide bonds. The molecular weight excluding hydrogens is 1120 g/mol. The van der Waals surface area contributed by atoms with Crippen LogP contribution in [0.3, 0.4) is 0 Å². The zero-order valence-electron chi connectivity index (χ0n) is 50.5. The molecule has 1 aliphatic carbocycles. The summed E-state index contributed by atoms with van der Waals surface area (Å²) < 4.78 is 40.9. The number of likely N-dealkylation sites (N-methyl/N-ethyl adjacent to an activating group) is 2. The third-order valence-corrected chi connectivity index (χ3v) is 19.6. The van der Waals surface area contributed by atoms with Gasteiger partial charge in [0.25, 0.3) is 11.5 Å². The Bertz CT molecular complexity index is 4010. The normalized spacial score (nSPS) is 22.0. The van der Waals surface area contributed by atoms with Crippen LogP contribution in [0.25, 0.3) is 33.1 Å². The number of amides is 3. The maximum Gasteiger partial charge on any atom is 0.411 e. The van der Waals surface area contributed by atoms with Gasteiger partial charge in [0, 0.05) is 103 Å². The Morgan fingerprint density at radius 1 is 0.898 bits per heavy atom. The predicted molar refractivity (Wildman–Crippen MR) is 326 cm³/mol. The molecule has 88 heavy (non-hydrogen) atoms. The highest BCUT2D eigenvalue weighted by atomic mass is 19.1. The Labute approximate surface area is 509 Å². The minimum atomic E-state index is -2.02. The molecule has 6 aliphatic heterocycles. The van der Waals surface area contributed by atoms with Gasteiger partial charge in [0.1, 0.15) is 31.5 Å². The second-order valence-electron chi connectivity index (χ2n) is 24.7. The van der Waals surface area contributed by atoms with Crippen molar-refractivity contribution in [1.82, 2.24) is 39.1 Å². The molecule has 3 aromatic heterocycles. The molecule has 0 bridgehead atoms. The first-order valence-corrected chi connectivity index (χ1v) is 30.8. The fraction of sp³-hybridized carbons (Fsp3) is 0.470. The number of hydrogen-bond acceptors (Lipinski definition) is 17. The summed E-state index contributed by atoms with van der Waals surface area (Å²) in [6.45, 7) is 13.1. The first kappa shape index (κ1) is 58.3. The van der Waals surface area contributed by atoms with E-state index >= 15 is 4.39 Å². The van der Waals surface area contributed by atoms with Gasteiger partial charge in [-0.15, -0.1) is 0 Å². The minimum absolute atomic E-state index is 0.00290. The van der Waals surface area contributed by atoms with Gasteiger partial charge >= 0.3 is 24.2 Å². The Hall–Kier alpha value is -8.68. The lowest BCUT2D eigenvalue weighted by molar-refractivity contribution is -0.173. The van der Waals surface area contributed by atoms with Crippen LogP contribution >= 0.6 is 0 Å². The number of cyclic esters (lactones) is 1. The molecule has 0 radical (unpaired) electrons. The van der Waals surface area contributed by atoms with Crippen LogP contribution in [0.15, 0.2) is 65.5 Å². The number of benzene rings is 3. The molecule has 458 valence electrons. The van der Waals surface area contributed by atoms with Gasteiger partial charge < -0.3 is 58.6 Å². The van der Waals surface area contributed by atoms with Gasteiger partial charge in [0.05, 0.1) is 65.8 Å². The number of anilines is 2. The van der Waals surface area contributed by atoms with Crippen molar-refractivity contribution >= 4 is 57.2 Å². The van der Waals surface area contributed by atoms with Gasteiger partial charge in [-0.05, 0) is 119 Å². The third-order valence-electron chi connectivity index (χ3n) is 19.6. The summed E-state index contributed by atoms with van der Waals surface area (Å²) >= 11 is 0. The van der Waals surface area contributed by atoms with Crippen LogP contribution in [0.4, 0.5) is 25.5 Å². The van der Waals surface area contributed by atoms with E-state index in [9.17, 15) is 29.2 Å². The molecule has 0 saturated carbocycles. The van der Waals surface area contributed by atoms with Crippen LogP contribution in [-0.4, -0.2) is 154 Å². The van der Waals surface area contributed by atoms with Gasteiger partial charge in [-0.3, -0.25) is 9.59 Å². The molecule has 0 unspecified atom stereocenters. The van der Waals surface area contributed by atoms with Gasteiger partial charge in [-0.25, -0.2) is 23.8 Å². The Morgan fingerprint density at radius 3 is 2.48 bits per heavy atom. The average Bonchev–Trinajstić information content (AvgIpc) is 1.46. The second-order valence-corrected chi connectivity index (χ2v) is 24.7. The van der Waals surface area contributed by atoms with Crippen LogP contribution < -0.4 is 25.8 Å². The topological polar surface area (TPSA) is 235 Å². The summed E-state index contributed by atoms with van der Waals surface area (Å²) in [4.78, 5) is 97.3. The second kappa shape index (κ2) is 23.1. The number of nitrogens with zero attached hydrogens (tertiary/aromatic N) is 11. The number of halogens is 1. The van der Waals surface area contributed by atoms with E-state index < -0.39 is 53.9 Å². The largest absolute Gasteiger partial charge is 0.462 e. The number of carbonyl (C=O) groups is 4. The fourth-order valence-electron chi connectivity index (χ4n) is 14.8. The third kappa shape index (κ3) is 9.99. The first-order chi connectivity index (χ1) is 42.5. The lowest BCUT2D eigenvalue weighted by Crippen LogP contribution is -2.56. The highest BCUT2D eigenvalue weighted by Gasteiger charge is 2.52. The Balaban J connectivity index is 0.669. The van der Waals surface area contributed by atoms with Crippen LogP contribution in [0.1, 0.15) is 108 Å². The number of esters is 1. The van der Waals surface area contributed by atoms with E-state index in [0.717, 1.165) is 70.8 Å². The highest BCUT2D eigenvalue weighted by Crippen LogP contribution is 2.47. The number of aryl methyl sites for hydroxylation is 2. The number of piperazine rings is 1. The van der Waals surface area contributed by atoms with E-state index in [1.54, 1.807) is 29.4 Å².